The zero-order valence-corrected chi connectivity index (χ0v) is 14.5. The Hall–Kier alpha value is -1.32. The zero-order valence-electron chi connectivity index (χ0n) is 12.9. The normalized spacial score (nSPS) is 12.2. The summed E-state index contributed by atoms with van der Waals surface area (Å²) in [7, 11) is 2.13. The van der Waals surface area contributed by atoms with E-state index in [0.29, 0.717) is 0 Å². The molecule has 0 fully saturated rings. The maximum absolute atomic E-state index is 6.30. The molecule has 0 radical (unpaired) electrons. The van der Waals surface area contributed by atoms with E-state index in [4.69, 9.17) is 5.73 Å². The van der Waals surface area contributed by atoms with Crippen molar-refractivity contribution in [3.63, 3.8) is 0 Å². The molecule has 0 aliphatic rings. The number of benzene rings is 2. The minimum Gasteiger partial charge on any atom is -0.374 e. The van der Waals surface area contributed by atoms with E-state index < -0.39 is 0 Å². The lowest BCUT2D eigenvalue weighted by atomic mass is 10.0. The largest absolute Gasteiger partial charge is 0.374 e. The minimum atomic E-state index is 0.0655. The Morgan fingerprint density at radius 3 is 2.57 bits per heavy atom. The predicted molar refractivity (Wildman–Crippen MR) is 94.9 cm³/mol. The molecule has 0 spiro atoms. The highest BCUT2D eigenvalue weighted by Crippen LogP contribution is 2.23. The second-order valence-corrected chi connectivity index (χ2v) is 6.58. The van der Waals surface area contributed by atoms with Gasteiger partial charge in [0.1, 0.15) is 0 Å². The van der Waals surface area contributed by atoms with Gasteiger partial charge in [0.05, 0.1) is 0 Å². The molecule has 2 rings (SSSR count). The molecule has 0 aliphatic carbocycles. The van der Waals surface area contributed by atoms with Crippen molar-refractivity contribution >= 4 is 21.6 Å². The van der Waals surface area contributed by atoms with E-state index >= 15 is 0 Å². The van der Waals surface area contributed by atoms with Crippen molar-refractivity contribution in [2.75, 3.05) is 18.5 Å². The van der Waals surface area contributed by atoms with Gasteiger partial charge in [-0.3, -0.25) is 0 Å². The molecule has 2 N–H and O–H groups in total. The zero-order chi connectivity index (χ0) is 15.4. The first-order chi connectivity index (χ1) is 9.97. The van der Waals surface area contributed by atoms with E-state index in [-0.39, 0.29) is 6.04 Å². The highest BCUT2D eigenvalue weighted by Gasteiger charge is 2.10. The number of hydrogen-bond donors (Lipinski definition) is 1. The van der Waals surface area contributed by atoms with Crippen molar-refractivity contribution in [2.24, 2.45) is 5.73 Å². The summed E-state index contributed by atoms with van der Waals surface area (Å²) in [6.07, 6.45) is 0.931. The lowest BCUT2D eigenvalue weighted by molar-refractivity contribution is 0.645. The van der Waals surface area contributed by atoms with Gasteiger partial charge in [-0.1, -0.05) is 45.8 Å². The number of nitrogens with zero attached hydrogens (tertiary/aromatic N) is 1. The Morgan fingerprint density at radius 2 is 1.90 bits per heavy atom. The van der Waals surface area contributed by atoms with Gasteiger partial charge in [0.25, 0.3) is 0 Å². The number of halogens is 1. The van der Waals surface area contributed by atoms with Crippen LogP contribution < -0.4 is 10.6 Å². The van der Waals surface area contributed by atoms with Crippen LogP contribution in [0.25, 0.3) is 0 Å². The third-order valence-electron chi connectivity index (χ3n) is 3.82. The molecule has 1 unspecified atom stereocenters. The molecule has 3 heteroatoms. The average Bonchev–Trinajstić information content (AvgIpc) is 2.44. The smallest absolute Gasteiger partial charge is 0.0393 e. The van der Waals surface area contributed by atoms with Crippen LogP contribution in [0.3, 0.4) is 0 Å². The van der Waals surface area contributed by atoms with Crippen LogP contribution in [-0.2, 0) is 0 Å². The molecule has 0 amide bonds. The van der Waals surface area contributed by atoms with Gasteiger partial charge in [0.2, 0.25) is 0 Å². The van der Waals surface area contributed by atoms with Crippen molar-refractivity contribution in [2.45, 2.75) is 26.3 Å². The maximum Gasteiger partial charge on any atom is 0.0393 e. The van der Waals surface area contributed by atoms with Gasteiger partial charge in [-0.05, 0) is 49.6 Å². The van der Waals surface area contributed by atoms with E-state index in [1.807, 2.05) is 12.1 Å². The molecule has 0 heterocycles. The van der Waals surface area contributed by atoms with Crippen LogP contribution >= 0.6 is 15.9 Å². The summed E-state index contributed by atoms with van der Waals surface area (Å²) in [5.74, 6) is 0. The fraction of sp³-hybridized carbons (Fsp3) is 0.333. The Kier molecular flexibility index (Phi) is 5.43. The topological polar surface area (TPSA) is 29.3 Å². The molecule has 0 saturated carbocycles. The standard InChI is InChI=1S/C18H23BrN2/c1-13-7-8-18(14(2)11-13)21(3)10-9-17(20)15-5-4-6-16(19)12-15/h4-8,11-12,17H,9-10,20H2,1-3H3. The van der Waals surface area contributed by atoms with Crippen molar-refractivity contribution in [1.29, 1.82) is 0 Å². The third-order valence-corrected chi connectivity index (χ3v) is 4.31. The molecular formula is C18H23BrN2. The van der Waals surface area contributed by atoms with Crippen molar-refractivity contribution in [3.05, 3.63) is 63.6 Å². The van der Waals surface area contributed by atoms with Crippen LogP contribution in [0.1, 0.15) is 29.2 Å². The first-order valence-corrected chi connectivity index (χ1v) is 8.06. The van der Waals surface area contributed by atoms with Crippen LogP contribution in [0.5, 0.6) is 0 Å². The molecule has 2 aromatic carbocycles. The lowest BCUT2D eigenvalue weighted by Gasteiger charge is -2.23. The van der Waals surface area contributed by atoms with E-state index in [0.717, 1.165) is 17.4 Å². The number of nitrogens with two attached hydrogens (primary N) is 1. The maximum atomic E-state index is 6.30. The van der Waals surface area contributed by atoms with E-state index in [1.54, 1.807) is 0 Å². The summed E-state index contributed by atoms with van der Waals surface area (Å²) in [5.41, 5.74) is 11.4. The fourth-order valence-corrected chi connectivity index (χ4v) is 3.01. The molecular weight excluding hydrogens is 324 g/mol. The van der Waals surface area contributed by atoms with Crippen LogP contribution in [0.2, 0.25) is 0 Å². The molecule has 0 saturated heterocycles. The summed E-state index contributed by atoms with van der Waals surface area (Å²) >= 11 is 3.50. The van der Waals surface area contributed by atoms with Gasteiger partial charge >= 0.3 is 0 Å². The van der Waals surface area contributed by atoms with Crippen LogP contribution in [0.4, 0.5) is 5.69 Å². The minimum absolute atomic E-state index is 0.0655. The van der Waals surface area contributed by atoms with E-state index in [2.05, 4.69) is 72.1 Å². The Morgan fingerprint density at radius 1 is 1.14 bits per heavy atom. The summed E-state index contributed by atoms with van der Waals surface area (Å²) in [6.45, 7) is 5.23. The van der Waals surface area contributed by atoms with Gasteiger partial charge < -0.3 is 10.6 Å². The Bertz CT molecular complexity index is 610. The summed E-state index contributed by atoms with van der Waals surface area (Å²) in [5, 5.41) is 0. The molecule has 0 aliphatic heterocycles. The van der Waals surface area contributed by atoms with Gasteiger partial charge in [-0.2, -0.15) is 0 Å². The molecule has 2 aromatic rings. The predicted octanol–water partition coefficient (Wildman–Crippen LogP) is 4.59. The summed E-state index contributed by atoms with van der Waals surface area (Å²) < 4.78 is 1.08. The first kappa shape index (κ1) is 16.1. The second-order valence-electron chi connectivity index (χ2n) is 5.66. The Labute approximate surface area is 136 Å². The lowest BCUT2D eigenvalue weighted by Crippen LogP contribution is -2.24. The average molecular weight is 347 g/mol. The molecule has 21 heavy (non-hydrogen) atoms. The first-order valence-electron chi connectivity index (χ1n) is 7.27. The summed E-state index contributed by atoms with van der Waals surface area (Å²) in [6, 6.07) is 14.9. The van der Waals surface area contributed by atoms with Crippen LogP contribution in [0.15, 0.2) is 46.9 Å². The van der Waals surface area contributed by atoms with Crippen LogP contribution in [-0.4, -0.2) is 13.6 Å². The van der Waals surface area contributed by atoms with E-state index in [1.165, 1.54) is 22.4 Å². The van der Waals surface area contributed by atoms with Gasteiger partial charge in [0.15, 0.2) is 0 Å². The van der Waals surface area contributed by atoms with Gasteiger partial charge in [0, 0.05) is 29.8 Å². The molecule has 0 bridgehead atoms. The highest BCUT2D eigenvalue weighted by atomic mass is 79.9. The van der Waals surface area contributed by atoms with Crippen molar-refractivity contribution in [1.82, 2.24) is 0 Å². The molecule has 2 nitrogen and oxygen atoms in total. The molecule has 112 valence electrons. The fourth-order valence-electron chi connectivity index (χ4n) is 2.59. The number of hydrogen-bond acceptors (Lipinski definition) is 2. The second kappa shape index (κ2) is 7.10. The van der Waals surface area contributed by atoms with Crippen molar-refractivity contribution in [3.8, 4) is 0 Å². The quantitative estimate of drug-likeness (QED) is 0.857. The van der Waals surface area contributed by atoms with E-state index in [9.17, 15) is 0 Å². The van der Waals surface area contributed by atoms with Gasteiger partial charge in [-0.15, -0.1) is 0 Å². The Balaban J connectivity index is 1.99. The third kappa shape index (κ3) is 4.32. The van der Waals surface area contributed by atoms with Gasteiger partial charge in [-0.25, -0.2) is 0 Å². The SMILES string of the molecule is Cc1ccc(N(C)CCC(N)c2cccc(Br)c2)c(C)c1. The number of aryl methyl sites for hydroxylation is 2. The summed E-state index contributed by atoms with van der Waals surface area (Å²) in [4.78, 5) is 2.28. The monoisotopic (exact) mass is 346 g/mol. The molecule has 1 atom stereocenters. The molecule has 0 aromatic heterocycles. The van der Waals surface area contributed by atoms with Crippen LogP contribution in [0, 0.1) is 13.8 Å². The number of anilines is 1. The van der Waals surface area contributed by atoms with Crippen molar-refractivity contribution < 1.29 is 0 Å². The number of rotatable bonds is 5. The highest BCUT2D eigenvalue weighted by molar-refractivity contribution is 9.10.